The van der Waals surface area contributed by atoms with Gasteiger partial charge in [0, 0.05) is 11.8 Å². The van der Waals surface area contributed by atoms with Gasteiger partial charge in [-0.3, -0.25) is 4.98 Å². The third-order valence-corrected chi connectivity index (χ3v) is 4.94. The van der Waals surface area contributed by atoms with Gasteiger partial charge in [-0.2, -0.15) is 4.98 Å². The van der Waals surface area contributed by atoms with Gasteiger partial charge in [0.05, 0.1) is 18.9 Å². The Bertz CT molecular complexity index is 1180. The lowest BCUT2D eigenvalue weighted by atomic mass is 10.2. The average Bonchev–Trinajstić information content (AvgIpc) is 3.42. The van der Waals surface area contributed by atoms with E-state index in [1.54, 1.807) is 18.6 Å². The molecule has 0 bridgehead atoms. The second-order valence-corrected chi connectivity index (χ2v) is 8.83. The van der Waals surface area contributed by atoms with Crippen molar-refractivity contribution in [3.05, 3.63) is 60.0 Å². The normalized spacial score (nSPS) is 11.2. The van der Waals surface area contributed by atoms with Crippen LogP contribution < -0.4 is 10.1 Å². The summed E-state index contributed by atoms with van der Waals surface area (Å²) in [6.07, 6.45) is 4.48. The molecule has 0 atom stereocenters. The molecule has 1 aromatic carbocycles. The molecular weight excluding hydrogens is 430 g/mol. The lowest BCUT2D eigenvalue weighted by Gasteiger charge is -2.19. The topological polar surface area (TPSA) is 112 Å². The number of alkyl carbamates (subject to hydrolysis) is 1. The van der Waals surface area contributed by atoms with Gasteiger partial charge in [-0.05, 0) is 57.2 Å². The van der Waals surface area contributed by atoms with E-state index in [0.29, 0.717) is 33.1 Å². The molecule has 0 spiro atoms. The van der Waals surface area contributed by atoms with Gasteiger partial charge in [-0.1, -0.05) is 5.16 Å². The summed E-state index contributed by atoms with van der Waals surface area (Å²) in [6, 6.07) is 11.0. The van der Waals surface area contributed by atoms with Crippen LogP contribution in [-0.4, -0.2) is 31.8 Å². The molecule has 0 saturated heterocycles. The van der Waals surface area contributed by atoms with Crippen molar-refractivity contribution in [1.29, 1.82) is 0 Å². The molecule has 164 valence electrons. The van der Waals surface area contributed by atoms with Crippen LogP contribution in [0.25, 0.3) is 22.2 Å². The van der Waals surface area contributed by atoms with Gasteiger partial charge in [-0.25, -0.2) is 9.78 Å². The van der Waals surface area contributed by atoms with E-state index in [2.05, 4.69) is 25.4 Å². The molecule has 0 unspecified atom stereocenters. The quantitative estimate of drug-likeness (QED) is 0.432. The highest BCUT2D eigenvalue weighted by Gasteiger charge is 2.17. The first-order valence-electron chi connectivity index (χ1n) is 9.80. The number of carbonyl (C=O) groups is 1. The van der Waals surface area contributed by atoms with Gasteiger partial charge >= 0.3 is 6.09 Å². The summed E-state index contributed by atoms with van der Waals surface area (Å²) in [5, 5.41) is 7.43. The third-order valence-electron chi connectivity index (χ3n) is 3.96. The summed E-state index contributed by atoms with van der Waals surface area (Å²) in [5.41, 5.74) is 0.233. The molecule has 3 heterocycles. The van der Waals surface area contributed by atoms with Gasteiger partial charge in [-0.15, -0.1) is 11.3 Å². The minimum Gasteiger partial charge on any atom is -0.456 e. The number of ether oxygens (including phenoxy) is 2. The van der Waals surface area contributed by atoms with Crippen LogP contribution in [0.1, 0.15) is 25.8 Å². The maximum atomic E-state index is 11.8. The molecule has 32 heavy (non-hydrogen) atoms. The fourth-order valence-electron chi connectivity index (χ4n) is 2.61. The van der Waals surface area contributed by atoms with Gasteiger partial charge in [0.15, 0.2) is 0 Å². The van der Waals surface area contributed by atoms with Crippen LogP contribution in [0.4, 0.5) is 4.79 Å². The maximum absolute atomic E-state index is 11.8. The number of thiazole rings is 1. The molecule has 0 saturated carbocycles. The Morgan fingerprint density at radius 3 is 2.66 bits per heavy atom. The Hall–Kier alpha value is -3.79. The Labute approximate surface area is 188 Å². The number of carbonyl (C=O) groups excluding carboxylic acids is 1. The lowest BCUT2D eigenvalue weighted by Crippen LogP contribution is -2.32. The Balaban J connectivity index is 1.38. The fraction of sp³-hybridized carbons (Fsp3) is 0.227. The zero-order valence-corrected chi connectivity index (χ0v) is 18.5. The summed E-state index contributed by atoms with van der Waals surface area (Å²) in [7, 11) is 0. The molecule has 0 aliphatic carbocycles. The minimum atomic E-state index is -0.554. The molecule has 1 amide bonds. The highest BCUT2D eigenvalue weighted by molar-refractivity contribution is 7.15. The smallest absolute Gasteiger partial charge is 0.408 e. The van der Waals surface area contributed by atoms with Gasteiger partial charge < -0.3 is 19.3 Å². The molecule has 0 aliphatic rings. The number of nitrogens with zero attached hydrogens (tertiary/aromatic N) is 4. The second-order valence-electron chi connectivity index (χ2n) is 7.71. The summed E-state index contributed by atoms with van der Waals surface area (Å²) < 4.78 is 16.4. The van der Waals surface area contributed by atoms with E-state index >= 15 is 0 Å². The zero-order valence-electron chi connectivity index (χ0n) is 17.7. The van der Waals surface area contributed by atoms with Crippen molar-refractivity contribution in [1.82, 2.24) is 25.4 Å². The molecule has 9 nitrogen and oxygen atoms in total. The van der Waals surface area contributed by atoms with E-state index in [4.69, 9.17) is 14.0 Å². The van der Waals surface area contributed by atoms with Crippen LogP contribution in [0, 0.1) is 0 Å². The molecular formula is C22H21N5O4S. The Morgan fingerprint density at radius 1 is 1.12 bits per heavy atom. The summed E-state index contributed by atoms with van der Waals surface area (Å²) >= 11 is 1.35. The largest absolute Gasteiger partial charge is 0.456 e. The summed E-state index contributed by atoms with van der Waals surface area (Å²) in [4.78, 5) is 25.3. The Kier molecular flexibility index (Phi) is 6.13. The highest BCUT2D eigenvalue weighted by atomic mass is 32.1. The van der Waals surface area contributed by atoms with Crippen LogP contribution in [-0.2, 0) is 11.3 Å². The number of hydrogen-bond acceptors (Lipinski definition) is 9. The standard InChI is InChI=1S/C22H21N5O4S/c1-22(2,3)30-21(28)25-13-18-24-12-17(32-18)20-26-19(27-31-20)14-6-8-15(9-7-14)29-16-5-4-10-23-11-16/h4-12H,13H2,1-3H3,(H,25,28). The summed E-state index contributed by atoms with van der Waals surface area (Å²) in [6.45, 7) is 5.67. The van der Waals surface area contributed by atoms with Crippen LogP contribution in [0.2, 0.25) is 0 Å². The first kappa shape index (κ1) is 21.4. The number of nitrogens with one attached hydrogen (secondary N) is 1. The van der Waals surface area contributed by atoms with Crippen LogP contribution in [0.15, 0.2) is 59.5 Å². The molecule has 10 heteroatoms. The molecule has 3 aromatic heterocycles. The average molecular weight is 452 g/mol. The summed E-state index contributed by atoms with van der Waals surface area (Å²) in [5.74, 6) is 2.14. The molecule has 0 fully saturated rings. The van der Waals surface area contributed by atoms with Crippen LogP contribution in [0.3, 0.4) is 0 Å². The van der Waals surface area contributed by atoms with Crippen molar-refractivity contribution >= 4 is 17.4 Å². The van der Waals surface area contributed by atoms with E-state index in [9.17, 15) is 4.79 Å². The molecule has 1 N–H and O–H groups in total. The number of benzene rings is 1. The molecule has 4 rings (SSSR count). The number of aromatic nitrogens is 4. The van der Waals surface area contributed by atoms with Crippen molar-refractivity contribution in [2.75, 3.05) is 0 Å². The van der Waals surface area contributed by atoms with Crippen molar-refractivity contribution in [3.63, 3.8) is 0 Å². The van der Waals surface area contributed by atoms with Crippen molar-refractivity contribution in [2.45, 2.75) is 32.9 Å². The van der Waals surface area contributed by atoms with E-state index < -0.39 is 11.7 Å². The second kappa shape index (κ2) is 9.15. The van der Waals surface area contributed by atoms with E-state index in [-0.39, 0.29) is 6.54 Å². The van der Waals surface area contributed by atoms with Crippen molar-refractivity contribution in [3.8, 4) is 33.7 Å². The third kappa shape index (κ3) is 5.67. The molecule has 0 aliphatic heterocycles. The predicted octanol–water partition coefficient (Wildman–Crippen LogP) is 5.07. The lowest BCUT2D eigenvalue weighted by molar-refractivity contribution is 0.0523. The fourth-order valence-corrected chi connectivity index (χ4v) is 3.39. The number of pyridine rings is 1. The van der Waals surface area contributed by atoms with Gasteiger partial charge in [0.2, 0.25) is 5.82 Å². The van der Waals surface area contributed by atoms with Crippen molar-refractivity contribution < 1.29 is 18.8 Å². The van der Waals surface area contributed by atoms with Gasteiger partial charge in [0.25, 0.3) is 5.89 Å². The Morgan fingerprint density at radius 2 is 1.94 bits per heavy atom. The van der Waals surface area contributed by atoms with Crippen LogP contribution in [0.5, 0.6) is 11.5 Å². The number of rotatable bonds is 6. The van der Waals surface area contributed by atoms with Gasteiger partial charge in [0.1, 0.15) is 27.0 Å². The monoisotopic (exact) mass is 451 g/mol. The SMILES string of the molecule is CC(C)(C)OC(=O)NCc1ncc(-c2nc(-c3ccc(Oc4cccnc4)cc3)no2)s1. The first-order valence-corrected chi connectivity index (χ1v) is 10.6. The predicted molar refractivity (Wildman–Crippen MR) is 118 cm³/mol. The van der Waals surface area contributed by atoms with Crippen molar-refractivity contribution in [2.24, 2.45) is 0 Å². The zero-order chi connectivity index (χ0) is 22.6. The maximum Gasteiger partial charge on any atom is 0.408 e. The van der Waals surface area contributed by atoms with E-state index in [0.717, 1.165) is 5.56 Å². The molecule has 0 radical (unpaired) electrons. The first-order chi connectivity index (χ1) is 15.4. The highest BCUT2D eigenvalue weighted by Crippen LogP contribution is 2.28. The minimum absolute atomic E-state index is 0.249. The van der Waals surface area contributed by atoms with E-state index in [1.807, 2.05) is 57.2 Å². The van der Waals surface area contributed by atoms with Crippen LogP contribution >= 0.6 is 11.3 Å². The number of amides is 1. The molecule has 4 aromatic rings. The number of hydrogen-bond donors (Lipinski definition) is 1. The van der Waals surface area contributed by atoms with E-state index in [1.165, 1.54) is 11.3 Å².